The normalized spacial score (nSPS) is 18.4. The largest absolute Gasteiger partial charge is 0.386 e. The highest BCUT2D eigenvalue weighted by atomic mass is 16.3. The van der Waals surface area contributed by atoms with E-state index in [0.29, 0.717) is 60.6 Å². The van der Waals surface area contributed by atoms with Crippen LogP contribution in [0.1, 0.15) is 38.9 Å². The number of hydrogen-bond acceptors (Lipinski definition) is 8. The number of nitrogens with zero attached hydrogens (tertiary/aromatic N) is 7. The molecule has 0 bridgehead atoms. The standard InChI is InChI=1S/C22H28N8O2/c1-4-16(21(31)29-10-22(32,11-29)15-6-7-15)27-18-17-20(26-12-25-18)30(5-2)19(28-17)14-8-23-13(3)24-9-14/h8-9,12,15-16,32H,4-7,10-11H2,1-3H3,(H,25,26,27)/t16-/m1/s1. The first-order chi connectivity index (χ1) is 15.4. The number of imidazole rings is 1. The maximum absolute atomic E-state index is 13.1. The van der Waals surface area contributed by atoms with Gasteiger partial charge in [-0.1, -0.05) is 6.92 Å². The fourth-order valence-electron chi connectivity index (χ4n) is 4.44. The molecular weight excluding hydrogens is 408 g/mol. The number of anilines is 1. The van der Waals surface area contributed by atoms with Gasteiger partial charge in [0.2, 0.25) is 5.91 Å². The molecule has 0 radical (unpaired) electrons. The third-order valence-corrected chi connectivity index (χ3v) is 6.48. The maximum atomic E-state index is 13.1. The van der Waals surface area contributed by atoms with E-state index in [2.05, 4.69) is 25.3 Å². The van der Waals surface area contributed by atoms with Gasteiger partial charge in [0.15, 0.2) is 17.0 Å². The molecule has 0 spiro atoms. The number of aryl methyl sites for hydroxylation is 2. The van der Waals surface area contributed by atoms with Crippen LogP contribution in [0, 0.1) is 12.8 Å². The highest BCUT2D eigenvalue weighted by Crippen LogP contribution is 2.44. The zero-order chi connectivity index (χ0) is 22.5. The van der Waals surface area contributed by atoms with Crippen LogP contribution in [0.3, 0.4) is 0 Å². The van der Waals surface area contributed by atoms with Crippen LogP contribution in [-0.2, 0) is 11.3 Å². The van der Waals surface area contributed by atoms with E-state index in [1.807, 2.05) is 25.3 Å². The Balaban J connectivity index is 1.42. The van der Waals surface area contributed by atoms with Crippen LogP contribution in [0.4, 0.5) is 5.82 Å². The number of β-amino-alcohol motifs (C(OH)–C–C–N with tert-alkyl or cyclic N) is 1. The van der Waals surface area contributed by atoms with Gasteiger partial charge in [-0.2, -0.15) is 0 Å². The van der Waals surface area contributed by atoms with E-state index >= 15 is 0 Å². The van der Waals surface area contributed by atoms with Gasteiger partial charge in [-0.25, -0.2) is 24.9 Å². The van der Waals surface area contributed by atoms with Gasteiger partial charge < -0.3 is 19.9 Å². The maximum Gasteiger partial charge on any atom is 0.245 e. The van der Waals surface area contributed by atoms with Gasteiger partial charge in [-0.3, -0.25) is 4.79 Å². The SMILES string of the molecule is CC[C@@H](Nc1ncnc2c1nc(-c1cnc(C)nc1)n2CC)C(=O)N1CC(O)(C2CC2)C1. The average Bonchev–Trinajstić information content (AvgIpc) is 3.56. The first-order valence-electron chi connectivity index (χ1n) is 11.2. The predicted octanol–water partition coefficient (Wildman–Crippen LogP) is 1.79. The molecule has 4 heterocycles. The number of fused-ring (bicyclic) bond motifs is 1. The van der Waals surface area contributed by atoms with E-state index in [0.717, 1.165) is 18.4 Å². The van der Waals surface area contributed by atoms with Gasteiger partial charge in [0, 0.05) is 18.9 Å². The number of likely N-dealkylation sites (tertiary alicyclic amines) is 1. The quantitative estimate of drug-likeness (QED) is 0.575. The Kier molecular flexibility index (Phi) is 5.04. The molecule has 3 aromatic heterocycles. The summed E-state index contributed by atoms with van der Waals surface area (Å²) in [5.74, 6) is 2.26. The summed E-state index contributed by atoms with van der Waals surface area (Å²) in [5.41, 5.74) is 1.40. The van der Waals surface area contributed by atoms with Crippen LogP contribution in [0.5, 0.6) is 0 Å². The van der Waals surface area contributed by atoms with E-state index in [1.165, 1.54) is 6.33 Å². The van der Waals surface area contributed by atoms with Gasteiger partial charge in [0.05, 0.1) is 18.7 Å². The number of carbonyl (C=O) groups is 1. The van der Waals surface area contributed by atoms with Crippen molar-refractivity contribution in [2.45, 2.75) is 58.2 Å². The van der Waals surface area contributed by atoms with Crippen molar-refractivity contribution in [3.63, 3.8) is 0 Å². The van der Waals surface area contributed by atoms with E-state index < -0.39 is 11.6 Å². The van der Waals surface area contributed by atoms with Crippen LogP contribution >= 0.6 is 0 Å². The van der Waals surface area contributed by atoms with E-state index in [1.54, 1.807) is 17.3 Å². The molecule has 1 amide bonds. The first kappa shape index (κ1) is 20.7. The Morgan fingerprint density at radius 2 is 1.94 bits per heavy atom. The summed E-state index contributed by atoms with van der Waals surface area (Å²) < 4.78 is 1.99. The lowest BCUT2D eigenvalue weighted by atomic mass is 9.88. The van der Waals surface area contributed by atoms with Crippen LogP contribution in [0.25, 0.3) is 22.6 Å². The monoisotopic (exact) mass is 436 g/mol. The molecule has 1 saturated carbocycles. The molecule has 1 aliphatic heterocycles. The van der Waals surface area contributed by atoms with E-state index in [4.69, 9.17) is 4.98 Å². The third-order valence-electron chi connectivity index (χ3n) is 6.48. The molecule has 2 fully saturated rings. The number of carbonyl (C=O) groups excluding carboxylic acids is 1. The number of amides is 1. The predicted molar refractivity (Wildman–Crippen MR) is 119 cm³/mol. The van der Waals surface area contributed by atoms with Crippen LogP contribution in [0.2, 0.25) is 0 Å². The Bertz CT molecular complexity index is 1150. The summed E-state index contributed by atoms with van der Waals surface area (Å²) in [7, 11) is 0. The Hall–Kier alpha value is -3.14. The first-order valence-corrected chi connectivity index (χ1v) is 11.2. The summed E-state index contributed by atoms with van der Waals surface area (Å²) in [6, 6.07) is -0.449. The molecule has 32 heavy (non-hydrogen) atoms. The second-order valence-corrected chi connectivity index (χ2v) is 8.77. The fourth-order valence-corrected chi connectivity index (χ4v) is 4.44. The Morgan fingerprint density at radius 1 is 1.22 bits per heavy atom. The van der Waals surface area contributed by atoms with Crippen LogP contribution in [-0.4, -0.2) is 70.1 Å². The molecule has 1 saturated heterocycles. The van der Waals surface area contributed by atoms with Crippen molar-refractivity contribution in [3.05, 3.63) is 24.5 Å². The number of hydrogen-bond donors (Lipinski definition) is 2. The number of rotatable bonds is 7. The van der Waals surface area contributed by atoms with Gasteiger partial charge in [0.1, 0.15) is 29.6 Å². The molecule has 2 N–H and O–H groups in total. The second-order valence-electron chi connectivity index (χ2n) is 8.77. The van der Waals surface area contributed by atoms with Gasteiger partial charge in [-0.05, 0) is 39.0 Å². The van der Waals surface area contributed by atoms with Crippen molar-refractivity contribution in [1.29, 1.82) is 0 Å². The number of nitrogens with one attached hydrogen (secondary N) is 1. The van der Waals surface area contributed by atoms with Crippen LogP contribution < -0.4 is 5.32 Å². The van der Waals surface area contributed by atoms with Crippen LogP contribution in [0.15, 0.2) is 18.7 Å². The third kappa shape index (κ3) is 3.48. The van der Waals surface area contributed by atoms with Crippen molar-refractivity contribution in [3.8, 4) is 11.4 Å². The van der Waals surface area contributed by atoms with Gasteiger partial charge >= 0.3 is 0 Å². The summed E-state index contributed by atoms with van der Waals surface area (Å²) in [5, 5.41) is 13.9. The summed E-state index contributed by atoms with van der Waals surface area (Å²) in [4.78, 5) is 37.0. The second kappa shape index (κ2) is 7.77. The molecule has 0 aromatic carbocycles. The Labute approximate surface area is 186 Å². The number of aromatic nitrogens is 6. The van der Waals surface area contributed by atoms with E-state index in [9.17, 15) is 9.90 Å². The minimum absolute atomic E-state index is 0.0216. The number of aliphatic hydroxyl groups is 1. The molecule has 2 aliphatic rings. The molecular formula is C22H28N8O2. The van der Waals surface area contributed by atoms with Crippen molar-refractivity contribution in [1.82, 2.24) is 34.4 Å². The molecule has 10 heteroatoms. The lowest BCUT2D eigenvalue weighted by Crippen LogP contribution is -2.66. The van der Waals surface area contributed by atoms with Crippen molar-refractivity contribution >= 4 is 22.9 Å². The molecule has 1 aliphatic carbocycles. The summed E-state index contributed by atoms with van der Waals surface area (Å²) in [6.07, 6.45) is 7.69. The minimum Gasteiger partial charge on any atom is -0.386 e. The smallest absolute Gasteiger partial charge is 0.245 e. The van der Waals surface area contributed by atoms with Gasteiger partial charge in [0.25, 0.3) is 0 Å². The summed E-state index contributed by atoms with van der Waals surface area (Å²) >= 11 is 0. The van der Waals surface area contributed by atoms with Crippen molar-refractivity contribution < 1.29 is 9.90 Å². The average molecular weight is 437 g/mol. The molecule has 10 nitrogen and oxygen atoms in total. The highest BCUT2D eigenvalue weighted by Gasteiger charge is 2.53. The molecule has 0 unspecified atom stereocenters. The molecule has 3 aromatic rings. The summed E-state index contributed by atoms with van der Waals surface area (Å²) in [6.45, 7) is 7.32. The van der Waals surface area contributed by atoms with Crippen molar-refractivity contribution in [2.75, 3.05) is 18.4 Å². The molecule has 1 atom stereocenters. The zero-order valence-corrected chi connectivity index (χ0v) is 18.6. The minimum atomic E-state index is -0.693. The molecule has 168 valence electrons. The van der Waals surface area contributed by atoms with E-state index in [-0.39, 0.29) is 5.91 Å². The Morgan fingerprint density at radius 3 is 2.56 bits per heavy atom. The lowest BCUT2D eigenvalue weighted by Gasteiger charge is -2.48. The van der Waals surface area contributed by atoms with Crippen molar-refractivity contribution in [2.24, 2.45) is 5.92 Å². The fraction of sp³-hybridized carbons (Fsp3) is 0.545. The zero-order valence-electron chi connectivity index (χ0n) is 18.6. The molecule has 5 rings (SSSR count). The topological polar surface area (TPSA) is 122 Å². The van der Waals surface area contributed by atoms with Gasteiger partial charge in [-0.15, -0.1) is 0 Å². The highest BCUT2D eigenvalue weighted by molar-refractivity contribution is 5.90. The lowest BCUT2D eigenvalue weighted by molar-refractivity contribution is -0.160.